The molecule has 0 aliphatic rings. The molecule has 0 spiro atoms. The largest absolute Gasteiger partial charge is 0.351 e. The minimum Gasteiger partial charge on any atom is -0.351 e. The summed E-state index contributed by atoms with van der Waals surface area (Å²) in [7, 11) is 5.78. The molecule has 0 amide bonds. The topological polar surface area (TPSA) is 45.5 Å². The summed E-state index contributed by atoms with van der Waals surface area (Å²) < 4.78 is 2.03. The Morgan fingerprint density at radius 3 is 2.84 bits per heavy atom. The van der Waals surface area contributed by atoms with E-state index < -0.39 is 0 Å². The molecule has 0 radical (unpaired) electrons. The van der Waals surface area contributed by atoms with Crippen molar-refractivity contribution in [3.63, 3.8) is 0 Å². The fourth-order valence-electron chi connectivity index (χ4n) is 2.91. The normalized spacial score (nSPS) is 11.8. The molecule has 2 heterocycles. The Labute approximate surface area is 153 Å². The van der Waals surface area contributed by atoms with E-state index in [4.69, 9.17) is 11.6 Å². The number of aromatic nitrogens is 2. The van der Waals surface area contributed by atoms with Gasteiger partial charge in [0.2, 0.25) is 0 Å². The van der Waals surface area contributed by atoms with Crippen LogP contribution in [0.1, 0.15) is 11.4 Å². The Kier molecular flexibility index (Phi) is 5.24. The third-order valence-corrected chi connectivity index (χ3v) is 4.42. The van der Waals surface area contributed by atoms with Crippen LogP contribution >= 0.6 is 11.6 Å². The second kappa shape index (κ2) is 7.57. The minimum absolute atomic E-state index is 0.617. The SMILES string of the molecule is CN=C(NCc1nccc2ccccc12)N(C)Cc1cc(Cl)cn1C. The first kappa shape index (κ1) is 17.3. The molecule has 3 aromatic rings. The Morgan fingerprint density at radius 2 is 2.12 bits per heavy atom. The summed E-state index contributed by atoms with van der Waals surface area (Å²) >= 11 is 6.07. The van der Waals surface area contributed by atoms with Gasteiger partial charge in [0, 0.05) is 44.6 Å². The van der Waals surface area contributed by atoms with E-state index in [0.29, 0.717) is 13.1 Å². The number of aryl methyl sites for hydroxylation is 1. The lowest BCUT2D eigenvalue weighted by Crippen LogP contribution is -2.38. The highest BCUT2D eigenvalue weighted by Gasteiger charge is 2.10. The second-order valence-electron chi connectivity index (χ2n) is 6.00. The summed E-state index contributed by atoms with van der Waals surface area (Å²) in [5.41, 5.74) is 2.13. The number of nitrogens with one attached hydrogen (secondary N) is 1. The molecule has 3 rings (SSSR count). The highest BCUT2D eigenvalue weighted by atomic mass is 35.5. The molecule has 1 aromatic carbocycles. The van der Waals surface area contributed by atoms with Crippen molar-refractivity contribution >= 4 is 28.3 Å². The lowest BCUT2D eigenvalue weighted by Gasteiger charge is -2.22. The van der Waals surface area contributed by atoms with Crippen LogP contribution in [0.25, 0.3) is 10.8 Å². The van der Waals surface area contributed by atoms with Crippen LogP contribution in [0.5, 0.6) is 0 Å². The Balaban J connectivity index is 1.71. The number of hydrogen-bond acceptors (Lipinski definition) is 2. The fraction of sp³-hybridized carbons (Fsp3) is 0.263. The van der Waals surface area contributed by atoms with E-state index in [1.165, 1.54) is 5.39 Å². The predicted molar refractivity (Wildman–Crippen MR) is 104 cm³/mol. The number of aliphatic imine (C=N–C) groups is 1. The molecule has 0 saturated heterocycles. The summed E-state index contributed by atoms with van der Waals surface area (Å²) in [5, 5.41) is 6.49. The molecule has 6 heteroatoms. The Bertz CT molecular complexity index is 894. The molecule has 5 nitrogen and oxygen atoms in total. The van der Waals surface area contributed by atoms with E-state index in [0.717, 1.165) is 27.8 Å². The molecule has 1 N–H and O–H groups in total. The van der Waals surface area contributed by atoms with Gasteiger partial charge in [-0.1, -0.05) is 35.9 Å². The lowest BCUT2D eigenvalue weighted by molar-refractivity contribution is 0.461. The van der Waals surface area contributed by atoms with Gasteiger partial charge in [0.05, 0.1) is 23.8 Å². The number of rotatable bonds is 4. The molecule has 0 saturated carbocycles. The van der Waals surface area contributed by atoms with Crippen LogP contribution in [-0.2, 0) is 20.1 Å². The number of benzene rings is 1. The minimum atomic E-state index is 0.617. The first-order chi connectivity index (χ1) is 12.1. The Morgan fingerprint density at radius 1 is 1.32 bits per heavy atom. The summed E-state index contributed by atoms with van der Waals surface area (Å²) in [4.78, 5) is 11.0. The second-order valence-corrected chi connectivity index (χ2v) is 6.43. The quantitative estimate of drug-likeness (QED) is 0.576. The van der Waals surface area contributed by atoms with E-state index in [2.05, 4.69) is 32.3 Å². The van der Waals surface area contributed by atoms with Gasteiger partial charge in [-0.2, -0.15) is 0 Å². The van der Waals surface area contributed by atoms with Gasteiger partial charge < -0.3 is 14.8 Å². The highest BCUT2D eigenvalue weighted by molar-refractivity contribution is 6.30. The predicted octanol–water partition coefficient (Wildman–Crippen LogP) is 3.43. The molecule has 0 aliphatic heterocycles. The summed E-state index contributed by atoms with van der Waals surface area (Å²) in [6.45, 7) is 1.33. The van der Waals surface area contributed by atoms with Crippen molar-refractivity contribution in [1.29, 1.82) is 0 Å². The number of pyridine rings is 1. The van der Waals surface area contributed by atoms with Crippen molar-refractivity contribution < 1.29 is 0 Å². The fourth-order valence-corrected chi connectivity index (χ4v) is 3.18. The maximum Gasteiger partial charge on any atom is 0.194 e. The molecule has 0 bridgehead atoms. The van der Waals surface area contributed by atoms with E-state index in [1.807, 2.05) is 55.3 Å². The summed E-state index contributed by atoms with van der Waals surface area (Å²) in [6, 6.07) is 12.3. The van der Waals surface area contributed by atoms with Crippen LogP contribution in [0.4, 0.5) is 0 Å². The smallest absolute Gasteiger partial charge is 0.194 e. The van der Waals surface area contributed by atoms with Crippen molar-refractivity contribution in [3.8, 4) is 0 Å². The molecule has 25 heavy (non-hydrogen) atoms. The lowest BCUT2D eigenvalue weighted by atomic mass is 10.1. The zero-order valence-corrected chi connectivity index (χ0v) is 15.5. The summed E-state index contributed by atoms with van der Waals surface area (Å²) in [6.07, 6.45) is 3.75. The molecule has 0 fully saturated rings. The van der Waals surface area contributed by atoms with Crippen molar-refractivity contribution in [3.05, 3.63) is 65.2 Å². The van der Waals surface area contributed by atoms with E-state index in [9.17, 15) is 0 Å². The van der Waals surface area contributed by atoms with Gasteiger partial charge >= 0.3 is 0 Å². The Hall–Kier alpha value is -2.53. The average molecular weight is 356 g/mol. The number of hydrogen-bond donors (Lipinski definition) is 1. The van der Waals surface area contributed by atoms with E-state index in [-0.39, 0.29) is 0 Å². The van der Waals surface area contributed by atoms with Crippen LogP contribution in [0.2, 0.25) is 5.02 Å². The van der Waals surface area contributed by atoms with Gasteiger partial charge in [-0.3, -0.25) is 9.98 Å². The van der Waals surface area contributed by atoms with Gasteiger partial charge in [-0.25, -0.2) is 0 Å². The van der Waals surface area contributed by atoms with Crippen LogP contribution < -0.4 is 5.32 Å². The number of fused-ring (bicyclic) bond motifs is 1. The zero-order chi connectivity index (χ0) is 17.8. The van der Waals surface area contributed by atoms with E-state index in [1.54, 1.807) is 7.05 Å². The van der Waals surface area contributed by atoms with Gasteiger partial charge in [0.25, 0.3) is 0 Å². The third kappa shape index (κ3) is 3.94. The zero-order valence-electron chi connectivity index (χ0n) is 14.7. The first-order valence-corrected chi connectivity index (χ1v) is 8.51. The standard InChI is InChI=1S/C19H22ClN5/c1-21-19(25(3)13-16-10-15(20)12-24(16)2)23-11-18-17-7-5-4-6-14(17)8-9-22-18/h4-10,12H,11,13H2,1-3H3,(H,21,23). The molecular weight excluding hydrogens is 334 g/mol. The van der Waals surface area contributed by atoms with Crippen molar-refractivity contribution in [2.45, 2.75) is 13.1 Å². The number of halogens is 1. The van der Waals surface area contributed by atoms with Crippen LogP contribution in [0.3, 0.4) is 0 Å². The molecule has 0 aliphatic carbocycles. The number of nitrogens with zero attached hydrogens (tertiary/aromatic N) is 4. The maximum atomic E-state index is 6.07. The highest BCUT2D eigenvalue weighted by Crippen LogP contribution is 2.16. The van der Waals surface area contributed by atoms with Crippen molar-refractivity contribution in [2.24, 2.45) is 12.0 Å². The average Bonchev–Trinajstić information content (AvgIpc) is 2.92. The van der Waals surface area contributed by atoms with Gasteiger partial charge in [0.15, 0.2) is 5.96 Å². The van der Waals surface area contributed by atoms with Crippen LogP contribution in [0.15, 0.2) is 53.8 Å². The monoisotopic (exact) mass is 355 g/mol. The molecular formula is C19H22ClN5. The van der Waals surface area contributed by atoms with Gasteiger partial charge in [-0.05, 0) is 17.5 Å². The van der Waals surface area contributed by atoms with Crippen molar-refractivity contribution in [2.75, 3.05) is 14.1 Å². The molecule has 0 unspecified atom stereocenters. The van der Waals surface area contributed by atoms with Crippen LogP contribution in [-0.4, -0.2) is 34.5 Å². The third-order valence-electron chi connectivity index (χ3n) is 4.22. The van der Waals surface area contributed by atoms with E-state index >= 15 is 0 Å². The van der Waals surface area contributed by atoms with Gasteiger partial charge in [0.1, 0.15) is 0 Å². The molecule has 0 atom stereocenters. The van der Waals surface area contributed by atoms with Crippen molar-refractivity contribution in [1.82, 2.24) is 19.8 Å². The summed E-state index contributed by atoms with van der Waals surface area (Å²) in [5.74, 6) is 0.812. The molecule has 2 aromatic heterocycles. The van der Waals surface area contributed by atoms with Gasteiger partial charge in [-0.15, -0.1) is 0 Å². The first-order valence-electron chi connectivity index (χ1n) is 8.13. The number of guanidine groups is 1. The maximum absolute atomic E-state index is 6.07. The molecule has 130 valence electrons. The van der Waals surface area contributed by atoms with Crippen LogP contribution in [0, 0.1) is 0 Å².